The smallest absolute Gasteiger partial charge is 0.325 e. The van der Waals surface area contributed by atoms with Gasteiger partial charge in [0.25, 0.3) is 0 Å². The Morgan fingerprint density at radius 1 is 1.09 bits per heavy atom. The molecule has 0 saturated heterocycles. The molecule has 0 unspecified atom stereocenters. The lowest BCUT2D eigenvalue weighted by molar-refractivity contribution is -0.118. The predicted octanol–water partition coefficient (Wildman–Crippen LogP) is 3.41. The van der Waals surface area contributed by atoms with Crippen molar-refractivity contribution in [3.05, 3.63) is 59.1 Å². The largest absolute Gasteiger partial charge is 0.376 e. The van der Waals surface area contributed by atoms with E-state index < -0.39 is 11.9 Å². The normalized spacial score (nSPS) is 9.91. The number of aryl methyl sites for hydroxylation is 1. The van der Waals surface area contributed by atoms with Crippen molar-refractivity contribution >= 4 is 34.9 Å². The monoisotopic (exact) mass is 317 g/mol. The molecule has 5 nitrogen and oxygen atoms in total. The molecular weight excluding hydrogens is 302 g/mol. The Kier molecular flexibility index (Phi) is 5.38. The Bertz CT molecular complexity index is 674. The van der Waals surface area contributed by atoms with Crippen molar-refractivity contribution in [3.63, 3.8) is 0 Å². The lowest BCUT2D eigenvalue weighted by Gasteiger charge is -2.10. The van der Waals surface area contributed by atoms with Crippen LogP contribution in [0.3, 0.4) is 0 Å². The fourth-order valence-corrected chi connectivity index (χ4v) is 1.99. The van der Waals surface area contributed by atoms with Gasteiger partial charge < -0.3 is 10.6 Å². The van der Waals surface area contributed by atoms with Gasteiger partial charge in [-0.1, -0.05) is 35.9 Å². The maximum atomic E-state index is 11.7. The summed E-state index contributed by atoms with van der Waals surface area (Å²) in [5, 5.41) is 8.35. The van der Waals surface area contributed by atoms with E-state index in [2.05, 4.69) is 16.0 Å². The number of carbonyl (C=O) groups is 2. The van der Waals surface area contributed by atoms with Gasteiger partial charge >= 0.3 is 6.03 Å². The first-order valence-electron chi connectivity index (χ1n) is 6.70. The maximum Gasteiger partial charge on any atom is 0.325 e. The third-order valence-electron chi connectivity index (χ3n) is 2.92. The molecular formula is C16H16ClN3O2. The summed E-state index contributed by atoms with van der Waals surface area (Å²) in [7, 11) is 0. The molecule has 3 amide bonds. The minimum Gasteiger partial charge on any atom is -0.376 e. The second-order valence-electron chi connectivity index (χ2n) is 4.68. The highest BCUT2D eigenvalue weighted by Crippen LogP contribution is 2.19. The number of amides is 3. The molecule has 2 rings (SSSR count). The van der Waals surface area contributed by atoms with Crippen molar-refractivity contribution < 1.29 is 9.59 Å². The molecule has 0 heterocycles. The van der Waals surface area contributed by atoms with Gasteiger partial charge in [0, 0.05) is 16.4 Å². The van der Waals surface area contributed by atoms with Crippen LogP contribution in [0, 0.1) is 6.92 Å². The van der Waals surface area contributed by atoms with Crippen LogP contribution in [-0.2, 0) is 4.79 Å². The van der Waals surface area contributed by atoms with E-state index in [1.54, 1.807) is 36.4 Å². The molecule has 22 heavy (non-hydrogen) atoms. The number of hydrogen-bond donors (Lipinski definition) is 3. The molecule has 0 atom stereocenters. The Balaban J connectivity index is 1.83. The topological polar surface area (TPSA) is 70.2 Å². The van der Waals surface area contributed by atoms with Gasteiger partial charge in [-0.3, -0.25) is 10.1 Å². The molecule has 114 valence electrons. The minimum absolute atomic E-state index is 0.0244. The lowest BCUT2D eigenvalue weighted by Crippen LogP contribution is -2.38. The van der Waals surface area contributed by atoms with Gasteiger partial charge in [-0.05, 0) is 36.8 Å². The standard InChI is InChI=1S/C16H16ClN3O2/c1-11-7-8-12(17)9-14(11)18-10-15(21)20-16(22)19-13-5-3-2-4-6-13/h2-9,18H,10H2,1H3,(H2,19,20,21,22). The molecule has 0 aliphatic carbocycles. The van der Waals surface area contributed by atoms with Gasteiger partial charge in [0.15, 0.2) is 0 Å². The van der Waals surface area contributed by atoms with Gasteiger partial charge in [0.05, 0.1) is 6.54 Å². The number of anilines is 2. The third kappa shape index (κ3) is 4.79. The Hall–Kier alpha value is -2.53. The Morgan fingerprint density at radius 3 is 2.55 bits per heavy atom. The summed E-state index contributed by atoms with van der Waals surface area (Å²) in [6.45, 7) is 1.88. The molecule has 3 N–H and O–H groups in total. The van der Waals surface area contributed by atoms with Gasteiger partial charge in [0.2, 0.25) is 5.91 Å². The quantitative estimate of drug-likeness (QED) is 0.809. The SMILES string of the molecule is Cc1ccc(Cl)cc1NCC(=O)NC(=O)Nc1ccccc1. The van der Waals surface area contributed by atoms with Gasteiger partial charge in [-0.25, -0.2) is 4.79 Å². The van der Waals surface area contributed by atoms with Crippen molar-refractivity contribution in [2.75, 3.05) is 17.2 Å². The number of halogens is 1. The fraction of sp³-hybridized carbons (Fsp3) is 0.125. The highest BCUT2D eigenvalue weighted by atomic mass is 35.5. The summed E-state index contributed by atoms with van der Waals surface area (Å²) in [6, 6.07) is 13.7. The molecule has 0 saturated carbocycles. The number of nitrogens with one attached hydrogen (secondary N) is 3. The molecule has 6 heteroatoms. The van der Waals surface area contributed by atoms with Crippen LogP contribution >= 0.6 is 11.6 Å². The summed E-state index contributed by atoms with van der Waals surface area (Å²) in [4.78, 5) is 23.4. The highest BCUT2D eigenvalue weighted by molar-refractivity contribution is 6.30. The summed E-state index contributed by atoms with van der Waals surface area (Å²) in [5.74, 6) is -0.437. The highest BCUT2D eigenvalue weighted by Gasteiger charge is 2.08. The van der Waals surface area contributed by atoms with E-state index in [4.69, 9.17) is 11.6 Å². The molecule has 0 fully saturated rings. The molecule has 2 aromatic carbocycles. The zero-order chi connectivity index (χ0) is 15.9. The first kappa shape index (κ1) is 15.9. The van der Waals surface area contributed by atoms with Gasteiger partial charge in [-0.2, -0.15) is 0 Å². The Morgan fingerprint density at radius 2 is 1.82 bits per heavy atom. The second kappa shape index (κ2) is 7.47. The molecule has 0 aliphatic rings. The molecule has 0 radical (unpaired) electrons. The van der Waals surface area contributed by atoms with E-state index >= 15 is 0 Å². The number of urea groups is 1. The van der Waals surface area contributed by atoms with Crippen LogP contribution in [0.15, 0.2) is 48.5 Å². The van der Waals surface area contributed by atoms with Crippen molar-refractivity contribution in [1.29, 1.82) is 0 Å². The van der Waals surface area contributed by atoms with Crippen molar-refractivity contribution in [2.24, 2.45) is 0 Å². The summed E-state index contributed by atoms with van der Waals surface area (Å²) >= 11 is 5.90. The summed E-state index contributed by atoms with van der Waals surface area (Å²) in [5.41, 5.74) is 2.34. The zero-order valence-corrected chi connectivity index (χ0v) is 12.8. The number of rotatable bonds is 4. The predicted molar refractivity (Wildman–Crippen MR) is 88.3 cm³/mol. The first-order valence-corrected chi connectivity index (χ1v) is 7.08. The van der Waals surface area contributed by atoms with Crippen molar-refractivity contribution in [3.8, 4) is 0 Å². The fourth-order valence-electron chi connectivity index (χ4n) is 1.81. The first-order chi connectivity index (χ1) is 10.5. The minimum atomic E-state index is -0.569. The van der Waals surface area contributed by atoms with Crippen LogP contribution < -0.4 is 16.0 Å². The third-order valence-corrected chi connectivity index (χ3v) is 3.16. The Labute approximate surface area is 133 Å². The van der Waals surface area contributed by atoms with Crippen LogP contribution in [0.5, 0.6) is 0 Å². The van der Waals surface area contributed by atoms with Crippen molar-refractivity contribution in [2.45, 2.75) is 6.92 Å². The van der Waals surface area contributed by atoms with E-state index in [1.807, 2.05) is 19.1 Å². The maximum absolute atomic E-state index is 11.7. The second-order valence-corrected chi connectivity index (χ2v) is 5.12. The lowest BCUT2D eigenvalue weighted by atomic mass is 10.2. The van der Waals surface area contributed by atoms with E-state index in [-0.39, 0.29) is 6.54 Å². The van der Waals surface area contributed by atoms with Crippen LogP contribution in [0.4, 0.5) is 16.2 Å². The van der Waals surface area contributed by atoms with E-state index in [1.165, 1.54) is 0 Å². The van der Waals surface area contributed by atoms with Crippen LogP contribution in [0.2, 0.25) is 5.02 Å². The van der Waals surface area contributed by atoms with E-state index in [9.17, 15) is 9.59 Å². The molecule has 0 aliphatic heterocycles. The van der Waals surface area contributed by atoms with Gasteiger partial charge in [0.1, 0.15) is 0 Å². The average Bonchev–Trinajstić information content (AvgIpc) is 2.49. The van der Waals surface area contributed by atoms with E-state index in [0.717, 1.165) is 11.3 Å². The van der Waals surface area contributed by atoms with Crippen LogP contribution in [0.1, 0.15) is 5.56 Å². The van der Waals surface area contributed by atoms with Gasteiger partial charge in [-0.15, -0.1) is 0 Å². The number of benzene rings is 2. The number of para-hydroxylation sites is 1. The number of hydrogen-bond acceptors (Lipinski definition) is 3. The van der Waals surface area contributed by atoms with Crippen LogP contribution in [-0.4, -0.2) is 18.5 Å². The van der Waals surface area contributed by atoms with E-state index in [0.29, 0.717) is 10.7 Å². The van der Waals surface area contributed by atoms with Crippen molar-refractivity contribution in [1.82, 2.24) is 5.32 Å². The number of carbonyl (C=O) groups excluding carboxylic acids is 2. The number of imide groups is 1. The van der Waals surface area contributed by atoms with Crippen LogP contribution in [0.25, 0.3) is 0 Å². The molecule has 2 aromatic rings. The molecule has 0 bridgehead atoms. The average molecular weight is 318 g/mol. The summed E-state index contributed by atoms with van der Waals surface area (Å²) < 4.78 is 0. The molecule has 0 spiro atoms. The molecule has 0 aromatic heterocycles. The summed E-state index contributed by atoms with van der Waals surface area (Å²) in [6.07, 6.45) is 0. The zero-order valence-electron chi connectivity index (χ0n) is 12.0.